The number of hydrogen-bond acceptors (Lipinski definition) is 7. The van der Waals surface area contributed by atoms with E-state index in [1.165, 1.54) is 11.3 Å². The summed E-state index contributed by atoms with van der Waals surface area (Å²) in [5, 5.41) is 4.01. The molecule has 2 aliphatic rings. The lowest BCUT2D eigenvalue weighted by Crippen LogP contribution is -2.47. The van der Waals surface area contributed by atoms with Gasteiger partial charge in [-0.3, -0.25) is 0 Å². The Morgan fingerprint density at radius 1 is 1.04 bits per heavy atom. The maximum atomic E-state index is 13.5. The molecule has 0 bridgehead atoms. The lowest BCUT2D eigenvalue weighted by atomic mass is 10.1. The van der Waals surface area contributed by atoms with Crippen molar-refractivity contribution < 1.29 is 22.4 Å². The van der Waals surface area contributed by atoms with Gasteiger partial charge in [0.2, 0.25) is 10.0 Å². The Bertz CT molecular complexity index is 960. The van der Waals surface area contributed by atoms with Crippen molar-refractivity contribution in [1.82, 2.24) is 9.46 Å². The fourth-order valence-corrected chi connectivity index (χ4v) is 7.11. The molecule has 0 saturated carbocycles. The monoisotopic (exact) mass is 412 g/mol. The molecule has 2 saturated heterocycles. The minimum absolute atomic E-state index is 0.341. The summed E-state index contributed by atoms with van der Waals surface area (Å²) in [7, 11) is -3.66. The third-order valence-electron chi connectivity index (χ3n) is 5.48. The molecular formula is C18H24N2O5S2. The second-order valence-corrected chi connectivity index (χ2v) is 10.5. The number of nitrogens with zero attached hydrogens (tertiary/aromatic N) is 2. The van der Waals surface area contributed by atoms with Gasteiger partial charge in [0.25, 0.3) is 0 Å². The SMILES string of the molecule is Cc1noc(-c2c(C)sc(C)c2S(=O)(=O)N2CCC3(CC2)OCCO3)c1C. The number of sulfonamides is 1. The van der Waals surface area contributed by atoms with Crippen LogP contribution in [0.5, 0.6) is 0 Å². The van der Waals surface area contributed by atoms with Crippen molar-refractivity contribution in [2.24, 2.45) is 0 Å². The molecular weight excluding hydrogens is 388 g/mol. The minimum Gasteiger partial charge on any atom is -0.356 e. The molecule has 27 heavy (non-hydrogen) atoms. The largest absolute Gasteiger partial charge is 0.356 e. The van der Waals surface area contributed by atoms with Crippen LogP contribution in [-0.2, 0) is 19.5 Å². The Kier molecular flexibility index (Phi) is 4.71. The predicted molar refractivity (Wildman–Crippen MR) is 101 cm³/mol. The molecule has 2 aromatic rings. The average Bonchev–Trinajstić information content (AvgIpc) is 3.28. The number of ether oxygens (including phenoxy) is 2. The second kappa shape index (κ2) is 6.66. The van der Waals surface area contributed by atoms with Gasteiger partial charge in [0.1, 0.15) is 4.90 Å². The molecule has 148 valence electrons. The van der Waals surface area contributed by atoms with Crippen LogP contribution < -0.4 is 0 Å². The van der Waals surface area contributed by atoms with E-state index in [0.717, 1.165) is 21.0 Å². The minimum atomic E-state index is -3.66. The predicted octanol–water partition coefficient (Wildman–Crippen LogP) is 3.16. The number of thiophene rings is 1. The Labute approximate surface area is 163 Å². The third kappa shape index (κ3) is 3.05. The number of aromatic nitrogens is 1. The highest BCUT2D eigenvalue weighted by molar-refractivity contribution is 7.89. The van der Waals surface area contributed by atoms with Crippen LogP contribution in [0.15, 0.2) is 9.42 Å². The number of piperidine rings is 1. The summed E-state index contributed by atoms with van der Waals surface area (Å²) in [5.74, 6) is -0.0588. The van der Waals surface area contributed by atoms with Crippen LogP contribution in [0, 0.1) is 27.7 Å². The zero-order valence-electron chi connectivity index (χ0n) is 16.0. The van der Waals surface area contributed by atoms with E-state index in [1.807, 2.05) is 27.7 Å². The standard InChI is InChI=1S/C18H24N2O5S2/c1-11-12(2)19-25-16(11)15-13(3)26-14(4)17(15)27(21,22)20-7-5-18(6-8-20)23-9-10-24-18/h5-10H2,1-4H3. The molecule has 0 amide bonds. The van der Waals surface area contributed by atoms with Crippen molar-refractivity contribution in [1.29, 1.82) is 0 Å². The van der Waals surface area contributed by atoms with E-state index in [0.29, 0.717) is 55.4 Å². The van der Waals surface area contributed by atoms with Crippen LogP contribution in [0.3, 0.4) is 0 Å². The summed E-state index contributed by atoms with van der Waals surface area (Å²) < 4.78 is 45.5. The van der Waals surface area contributed by atoms with Crippen LogP contribution in [0.2, 0.25) is 0 Å². The Balaban J connectivity index is 1.72. The lowest BCUT2D eigenvalue weighted by molar-refractivity contribution is -0.179. The summed E-state index contributed by atoms with van der Waals surface area (Å²) in [6.45, 7) is 9.44. The van der Waals surface area contributed by atoms with Crippen LogP contribution in [0.1, 0.15) is 33.9 Å². The summed E-state index contributed by atoms with van der Waals surface area (Å²) in [4.78, 5) is 2.03. The first-order valence-corrected chi connectivity index (χ1v) is 11.3. The van der Waals surface area contributed by atoms with Gasteiger partial charge in [-0.1, -0.05) is 5.16 Å². The van der Waals surface area contributed by atoms with Crippen molar-refractivity contribution in [3.8, 4) is 11.3 Å². The van der Waals surface area contributed by atoms with Crippen molar-refractivity contribution in [2.75, 3.05) is 26.3 Å². The highest BCUT2D eigenvalue weighted by Crippen LogP contribution is 2.43. The Morgan fingerprint density at radius 2 is 1.67 bits per heavy atom. The first-order valence-electron chi connectivity index (χ1n) is 9.06. The van der Waals surface area contributed by atoms with Gasteiger partial charge in [0, 0.05) is 41.2 Å². The molecule has 4 heterocycles. The summed E-state index contributed by atoms with van der Waals surface area (Å²) in [6.07, 6.45) is 1.09. The van der Waals surface area contributed by atoms with E-state index in [9.17, 15) is 8.42 Å². The van der Waals surface area contributed by atoms with Crippen molar-refractivity contribution in [3.05, 3.63) is 21.0 Å². The van der Waals surface area contributed by atoms with E-state index in [1.54, 1.807) is 4.31 Å². The molecule has 0 aliphatic carbocycles. The smallest absolute Gasteiger partial charge is 0.244 e. The zero-order chi connectivity index (χ0) is 19.4. The molecule has 2 fully saturated rings. The molecule has 4 rings (SSSR count). The number of aryl methyl sites for hydroxylation is 3. The van der Waals surface area contributed by atoms with Crippen LogP contribution in [0.25, 0.3) is 11.3 Å². The normalized spacial score (nSPS) is 20.6. The van der Waals surface area contributed by atoms with Gasteiger partial charge in [-0.05, 0) is 27.7 Å². The van der Waals surface area contributed by atoms with Gasteiger partial charge in [-0.15, -0.1) is 11.3 Å². The molecule has 0 aromatic carbocycles. The van der Waals surface area contributed by atoms with E-state index >= 15 is 0 Å². The van der Waals surface area contributed by atoms with Gasteiger partial charge < -0.3 is 14.0 Å². The van der Waals surface area contributed by atoms with Crippen molar-refractivity contribution >= 4 is 21.4 Å². The Hall–Kier alpha value is -1.26. The van der Waals surface area contributed by atoms with E-state index in [-0.39, 0.29) is 0 Å². The zero-order valence-corrected chi connectivity index (χ0v) is 17.6. The first kappa shape index (κ1) is 19.1. The number of rotatable bonds is 3. The third-order valence-corrected chi connectivity index (χ3v) is 8.71. The quantitative estimate of drug-likeness (QED) is 0.770. The van der Waals surface area contributed by atoms with Crippen molar-refractivity contribution in [2.45, 2.75) is 51.2 Å². The first-order chi connectivity index (χ1) is 12.8. The maximum absolute atomic E-state index is 13.5. The topological polar surface area (TPSA) is 81.9 Å². The second-order valence-electron chi connectivity index (χ2n) is 7.15. The van der Waals surface area contributed by atoms with E-state index in [4.69, 9.17) is 14.0 Å². The fraction of sp³-hybridized carbons (Fsp3) is 0.611. The molecule has 1 spiro atoms. The number of hydrogen-bond donors (Lipinski definition) is 0. The highest BCUT2D eigenvalue weighted by atomic mass is 32.2. The lowest BCUT2D eigenvalue weighted by Gasteiger charge is -2.36. The average molecular weight is 413 g/mol. The molecule has 2 aliphatic heterocycles. The highest BCUT2D eigenvalue weighted by Gasteiger charge is 2.44. The van der Waals surface area contributed by atoms with E-state index < -0.39 is 15.8 Å². The van der Waals surface area contributed by atoms with Gasteiger partial charge in [0.05, 0.1) is 24.5 Å². The molecule has 9 heteroatoms. The van der Waals surface area contributed by atoms with Gasteiger partial charge in [-0.25, -0.2) is 8.42 Å². The summed E-state index contributed by atoms with van der Waals surface area (Å²) >= 11 is 1.48. The van der Waals surface area contributed by atoms with Gasteiger partial charge in [-0.2, -0.15) is 4.31 Å². The summed E-state index contributed by atoms with van der Waals surface area (Å²) in [5.41, 5.74) is 2.29. The molecule has 0 radical (unpaired) electrons. The van der Waals surface area contributed by atoms with Gasteiger partial charge in [0.15, 0.2) is 11.5 Å². The Morgan fingerprint density at radius 3 is 2.22 bits per heavy atom. The molecule has 2 aromatic heterocycles. The molecule has 0 unspecified atom stereocenters. The van der Waals surface area contributed by atoms with Gasteiger partial charge >= 0.3 is 0 Å². The fourth-order valence-electron chi connectivity index (χ4n) is 3.87. The van der Waals surface area contributed by atoms with Crippen LogP contribution in [0.4, 0.5) is 0 Å². The summed E-state index contributed by atoms with van der Waals surface area (Å²) in [6, 6.07) is 0. The van der Waals surface area contributed by atoms with E-state index in [2.05, 4.69) is 5.16 Å². The maximum Gasteiger partial charge on any atom is 0.244 e. The van der Waals surface area contributed by atoms with Crippen molar-refractivity contribution in [3.63, 3.8) is 0 Å². The molecule has 0 N–H and O–H groups in total. The molecule has 7 nitrogen and oxygen atoms in total. The van der Waals surface area contributed by atoms with Crippen LogP contribution in [-0.4, -0.2) is 50.0 Å². The van der Waals surface area contributed by atoms with Crippen LogP contribution >= 0.6 is 11.3 Å². The molecule has 0 atom stereocenters.